The van der Waals surface area contributed by atoms with Gasteiger partial charge in [-0.05, 0) is 31.2 Å². The third-order valence-electron chi connectivity index (χ3n) is 3.02. The maximum Gasteiger partial charge on any atom is 0.310 e. The molecule has 1 saturated heterocycles. The highest BCUT2D eigenvalue weighted by Crippen LogP contribution is 2.27. The van der Waals surface area contributed by atoms with Crippen LogP contribution in [0.4, 0.5) is 0 Å². The van der Waals surface area contributed by atoms with Gasteiger partial charge in [-0.25, -0.2) is 0 Å². The van der Waals surface area contributed by atoms with E-state index < -0.39 is 11.9 Å². The number of hydrogen-bond donors (Lipinski definition) is 1. The van der Waals surface area contributed by atoms with Crippen molar-refractivity contribution in [2.24, 2.45) is 5.92 Å². The van der Waals surface area contributed by atoms with Gasteiger partial charge in [0.2, 0.25) is 5.91 Å². The van der Waals surface area contributed by atoms with Crippen LogP contribution >= 0.6 is 23.4 Å². The van der Waals surface area contributed by atoms with Crippen LogP contribution in [0.2, 0.25) is 5.02 Å². The normalized spacial score (nSPS) is 16.8. The number of carbonyl (C=O) groups excluding carboxylic acids is 1. The van der Waals surface area contributed by atoms with E-state index in [0.717, 1.165) is 4.90 Å². The Bertz CT molecular complexity index is 485. The van der Waals surface area contributed by atoms with Gasteiger partial charge in [0.25, 0.3) is 0 Å². The Balaban J connectivity index is 1.87. The molecule has 19 heavy (non-hydrogen) atoms. The second-order valence-corrected chi connectivity index (χ2v) is 6.34. The number of carboxylic acids is 1. The summed E-state index contributed by atoms with van der Waals surface area (Å²) in [6.45, 7) is 2.47. The van der Waals surface area contributed by atoms with Crippen molar-refractivity contribution in [3.63, 3.8) is 0 Å². The van der Waals surface area contributed by atoms with Crippen molar-refractivity contribution < 1.29 is 14.7 Å². The minimum absolute atomic E-state index is 0.0162. The summed E-state index contributed by atoms with van der Waals surface area (Å²) in [6.07, 6.45) is 0. The molecule has 6 heteroatoms. The van der Waals surface area contributed by atoms with Crippen molar-refractivity contribution in [1.29, 1.82) is 0 Å². The maximum atomic E-state index is 12.1. The van der Waals surface area contributed by atoms with Crippen molar-refractivity contribution in [3.05, 3.63) is 29.3 Å². The van der Waals surface area contributed by atoms with Gasteiger partial charge in [-0.15, -0.1) is 11.8 Å². The van der Waals surface area contributed by atoms with Crippen molar-refractivity contribution >= 4 is 35.2 Å². The lowest BCUT2D eigenvalue weighted by atomic mass is 10.0. The molecule has 1 aromatic rings. The summed E-state index contributed by atoms with van der Waals surface area (Å²) in [5, 5.41) is 9.21. The summed E-state index contributed by atoms with van der Waals surface area (Å²) < 4.78 is 0. The topological polar surface area (TPSA) is 57.6 Å². The molecule has 1 fully saturated rings. The Morgan fingerprint density at radius 3 is 2.47 bits per heavy atom. The highest BCUT2D eigenvalue weighted by atomic mass is 35.5. The molecule has 4 nitrogen and oxygen atoms in total. The van der Waals surface area contributed by atoms with Gasteiger partial charge < -0.3 is 10.0 Å². The Hall–Kier alpha value is -1.20. The first-order chi connectivity index (χ1) is 8.97. The quantitative estimate of drug-likeness (QED) is 0.867. The second-order valence-electron chi connectivity index (χ2n) is 4.49. The van der Waals surface area contributed by atoms with Gasteiger partial charge in [0.15, 0.2) is 0 Å². The van der Waals surface area contributed by atoms with Crippen LogP contribution in [0.3, 0.4) is 0 Å². The fraction of sp³-hybridized carbons (Fsp3) is 0.385. The van der Waals surface area contributed by atoms with Gasteiger partial charge >= 0.3 is 5.97 Å². The first-order valence-electron chi connectivity index (χ1n) is 5.91. The zero-order valence-corrected chi connectivity index (χ0v) is 11.9. The number of aliphatic carboxylic acids is 1. The number of carbonyl (C=O) groups is 2. The lowest BCUT2D eigenvalue weighted by Crippen LogP contribution is -2.55. The summed E-state index contributed by atoms with van der Waals surface area (Å²) >= 11 is 7.25. The fourth-order valence-electron chi connectivity index (χ4n) is 1.84. The lowest BCUT2D eigenvalue weighted by molar-refractivity contribution is -0.152. The molecular weight excluding hydrogens is 286 g/mol. The van der Waals surface area contributed by atoms with Crippen LogP contribution in [-0.2, 0) is 9.59 Å². The maximum absolute atomic E-state index is 12.1. The molecule has 102 valence electrons. The Morgan fingerprint density at radius 2 is 1.95 bits per heavy atom. The molecule has 1 aromatic carbocycles. The van der Waals surface area contributed by atoms with Crippen molar-refractivity contribution in [1.82, 2.24) is 4.90 Å². The molecule has 0 spiro atoms. The third kappa shape index (κ3) is 3.42. The van der Waals surface area contributed by atoms with E-state index >= 15 is 0 Å². The SMILES string of the molecule is CC(Sc1ccc(Cl)cc1)C(=O)N1CC(C(=O)O)C1. The molecule has 1 unspecified atom stereocenters. The van der Waals surface area contributed by atoms with Crippen LogP contribution < -0.4 is 0 Å². The third-order valence-corrected chi connectivity index (χ3v) is 4.37. The molecule has 0 radical (unpaired) electrons. The number of amides is 1. The van der Waals surface area contributed by atoms with E-state index in [4.69, 9.17) is 16.7 Å². The van der Waals surface area contributed by atoms with E-state index in [-0.39, 0.29) is 11.2 Å². The summed E-state index contributed by atoms with van der Waals surface area (Å²) in [4.78, 5) is 25.3. The number of likely N-dealkylation sites (tertiary alicyclic amines) is 1. The number of halogens is 1. The minimum Gasteiger partial charge on any atom is -0.481 e. The molecular formula is C13H14ClNO3S. The average Bonchev–Trinajstić information content (AvgIpc) is 2.29. The number of carboxylic acid groups (broad SMARTS) is 1. The molecule has 1 atom stereocenters. The smallest absolute Gasteiger partial charge is 0.310 e. The van der Waals surface area contributed by atoms with Gasteiger partial charge in [-0.2, -0.15) is 0 Å². The van der Waals surface area contributed by atoms with E-state index in [1.165, 1.54) is 11.8 Å². The number of rotatable bonds is 4. The number of nitrogens with zero attached hydrogens (tertiary/aromatic N) is 1. The summed E-state index contributed by atoms with van der Waals surface area (Å²) in [6, 6.07) is 7.30. The zero-order valence-electron chi connectivity index (χ0n) is 10.4. The molecule has 0 saturated carbocycles. The summed E-state index contributed by atoms with van der Waals surface area (Å²) in [5.74, 6) is -1.25. The number of benzene rings is 1. The molecule has 1 heterocycles. The predicted octanol–water partition coefficient (Wildman–Crippen LogP) is 2.36. The van der Waals surface area contributed by atoms with Crippen LogP contribution in [0.5, 0.6) is 0 Å². The summed E-state index contributed by atoms with van der Waals surface area (Å²) in [7, 11) is 0. The molecule has 0 bridgehead atoms. The minimum atomic E-state index is -0.831. The van der Waals surface area contributed by atoms with E-state index in [9.17, 15) is 9.59 Å². The molecule has 1 aliphatic heterocycles. The van der Waals surface area contributed by atoms with Crippen LogP contribution in [0.1, 0.15) is 6.92 Å². The van der Waals surface area contributed by atoms with Crippen LogP contribution in [0, 0.1) is 5.92 Å². The van der Waals surface area contributed by atoms with Crippen LogP contribution in [0.15, 0.2) is 29.2 Å². The standard InChI is InChI=1S/C13H14ClNO3S/c1-8(19-11-4-2-10(14)3-5-11)12(16)15-6-9(7-15)13(17)18/h2-5,8-9H,6-7H2,1H3,(H,17,18). The first kappa shape index (κ1) is 14.2. The Kier molecular flexibility index (Phi) is 4.37. The highest BCUT2D eigenvalue weighted by molar-refractivity contribution is 8.00. The monoisotopic (exact) mass is 299 g/mol. The van der Waals surface area contributed by atoms with Crippen molar-refractivity contribution in [3.8, 4) is 0 Å². The van der Waals surface area contributed by atoms with Crippen molar-refractivity contribution in [2.75, 3.05) is 13.1 Å². The number of thioether (sulfide) groups is 1. The van der Waals surface area contributed by atoms with E-state index in [1.54, 1.807) is 17.0 Å². The van der Waals surface area contributed by atoms with Gasteiger partial charge in [-0.1, -0.05) is 11.6 Å². The number of hydrogen-bond acceptors (Lipinski definition) is 3. The first-order valence-corrected chi connectivity index (χ1v) is 7.17. The van der Waals surface area contributed by atoms with Gasteiger partial charge in [0.1, 0.15) is 0 Å². The molecule has 1 N–H and O–H groups in total. The average molecular weight is 300 g/mol. The van der Waals surface area contributed by atoms with E-state index in [1.807, 2.05) is 19.1 Å². The second kappa shape index (κ2) is 5.84. The lowest BCUT2D eigenvalue weighted by Gasteiger charge is -2.38. The summed E-state index contributed by atoms with van der Waals surface area (Å²) in [5.41, 5.74) is 0. The predicted molar refractivity (Wildman–Crippen MR) is 74.5 cm³/mol. The van der Waals surface area contributed by atoms with Crippen molar-refractivity contribution in [2.45, 2.75) is 17.1 Å². The van der Waals surface area contributed by atoms with Gasteiger partial charge in [0.05, 0.1) is 11.2 Å². The van der Waals surface area contributed by atoms with Crippen LogP contribution in [-0.4, -0.2) is 40.2 Å². The van der Waals surface area contributed by atoms with Gasteiger partial charge in [0, 0.05) is 23.0 Å². The molecule has 0 aromatic heterocycles. The zero-order chi connectivity index (χ0) is 14.0. The largest absolute Gasteiger partial charge is 0.481 e. The Labute approximate surface area is 120 Å². The molecule has 1 amide bonds. The molecule has 2 rings (SSSR count). The van der Waals surface area contributed by atoms with E-state index in [2.05, 4.69) is 0 Å². The van der Waals surface area contributed by atoms with Crippen LogP contribution in [0.25, 0.3) is 0 Å². The highest BCUT2D eigenvalue weighted by Gasteiger charge is 2.37. The van der Waals surface area contributed by atoms with Gasteiger partial charge in [-0.3, -0.25) is 9.59 Å². The molecule has 1 aliphatic rings. The molecule has 0 aliphatic carbocycles. The fourth-order valence-corrected chi connectivity index (χ4v) is 2.92. The van der Waals surface area contributed by atoms with E-state index in [0.29, 0.717) is 18.1 Å². The Morgan fingerprint density at radius 1 is 1.37 bits per heavy atom.